The van der Waals surface area contributed by atoms with Gasteiger partial charge in [0.2, 0.25) is 11.8 Å². The molecule has 0 aliphatic carbocycles. The Morgan fingerprint density at radius 3 is 2.58 bits per heavy atom. The van der Waals surface area contributed by atoms with Crippen molar-refractivity contribution >= 4 is 5.91 Å². The molecule has 7 heteroatoms. The topological polar surface area (TPSA) is 77.1 Å². The summed E-state index contributed by atoms with van der Waals surface area (Å²) < 4.78 is 18.9. The Hall–Kier alpha value is -3.22. The van der Waals surface area contributed by atoms with Crippen LogP contribution in [0, 0.1) is 5.82 Å². The Bertz CT molecular complexity index is 933. The van der Waals surface area contributed by atoms with Gasteiger partial charge in [-0.05, 0) is 35.7 Å². The number of carbonyl (C=O) groups is 1. The average molecular weight is 355 g/mol. The smallest absolute Gasteiger partial charge is 0.388 e. The summed E-state index contributed by atoms with van der Waals surface area (Å²) in [5.41, 5.74) is 1.57. The highest BCUT2D eigenvalue weighted by Crippen LogP contribution is 2.15. The number of amides is 1. The van der Waals surface area contributed by atoms with E-state index < -0.39 is 11.6 Å². The van der Waals surface area contributed by atoms with E-state index in [4.69, 9.17) is 4.42 Å². The van der Waals surface area contributed by atoms with Gasteiger partial charge >= 0.3 is 5.76 Å². The number of nitrogens with zero attached hydrogens (tertiary/aromatic N) is 2. The molecule has 6 nitrogen and oxygen atoms in total. The maximum Gasteiger partial charge on any atom is 0.437 e. The lowest BCUT2D eigenvalue weighted by molar-refractivity contribution is -0.122. The highest BCUT2D eigenvalue weighted by molar-refractivity contribution is 5.75. The van der Waals surface area contributed by atoms with Gasteiger partial charge in [-0.15, -0.1) is 5.10 Å². The van der Waals surface area contributed by atoms with E-state index in [1.165, 1.54) is 24.3 Å². The molecule has 0 fully saturated rings. The van der Waals surface area contributed by atoms with Crippen LogP contribution in [0.2, 0.25) is 0 Å². The SMILES string of the molecule is C[C@@H](CNC(=O)Cn1nc(-c2ccc(F)cc2)oc1=O)c1ccccc1. The minimum atomic E-state index is -0.740. The van der Waals surface area contributed by atoms with Crippen LogP contribution < -0.4 is 11.1 Å². The fraction of sp³-hybridized carbons (Fsp3) is 0.211. The molecular weight excluding hydrogens is 337 g/mol. The first-order valence-corrected chi connectivity index (χ1v) is 8.18. The zero-order valence-corrected chi connectivity index (χ0v) is 14.2. The molecule has 0 radical (unpaired) electrons. The monoisotopic (exact) mass is 355 g/mol. The van der Waals surface area contributed by atoms with Gasteiger partial charge in [0, 0.05) is 12.1 Å². The second-order valence-corrected chi connectivity index (χ2v) is 5.95. The summed E-state index contributed by atoms with van der Waals surface area (Å²) in [4.78, 5) is 23.9. The Kier molecular flexibility index (Phi) is 5.26. The van der Waals surface area contributed by atoms with E-state index in [0.29, 0.717) is 12.1 Å². The van der Waals surface area contributed by atoms with E-state index in [-0.39, 0.29) is 24.3 Å². The van der Waals surface area contributed by atoms with Crippen LogP contribution in [0.15, 0.2) is 63.8 Å². The van der Waals surface area contributed by atoms with E-state index >= 15 is 0 Å². The standard InChI is InChI=1S/C19H18FN3O3/c1-13(14-5-3-2-4-6-14)11-21-17(24)12-23-19(25)26-18(22-23)15-7-9-16(20)10-8-15/h2-10,13H,11-12H2,1H3,(H,21,24)/t13-/m0/s1. The summed E-state index contributed by atoms with van der Waals surface area (Å²) in [5, 5.41) is 6.77. The highest BCUT2D eigenvalue weighted by Gasteiger charge is 2.14. The van der Waals surface area contributed by atoms with Crippen molar-refractivity contribution in [1.29, 1.82) is 0 Å². The van der Waals surface area contributed by atoms with E-state index in [9.17, 15) is 14.0 Å². The van der Waals surface area contributed by atoms with Gasteiger partial charge in [0.25, 0.3) is 0 Å². The zero-order valence-electron chi connectivity index (χ0n) is 14.2. The predicted octanol–water partition coefficient (Wildman–Crippen LogP) is 2.56. The third-order valence-electron chi connectivity index (χ3n) is 3.96. The molecule has 1 atom stereocenters. The van der Waals surface area contributed by atoms with E-state index in [1.807, 2.05) is 37.3 Å². The van der Waals surface area contributed by atoms with Gasteiger partial charge in [0.15, 0.2) is 0 Å². The number of rotatable bonds is 6. The fourth-order valence-electron chi connectivity index (χ4n) is 2.47. The van der Waals surface area contributed by atoms with Crippen LogP contribution in [-0.4, -0.2) is 22.2 Å². The number of nitrogens with one attached hydrogen (secondary N) is 1. The van der Waals surface area contributed by atoms with Gasteiger partial charge < -0.3 is 9.73 Å². The first-order valence-electron chi connectivity index (χ1n) is 8.18. The van der Waals surface area contributed by atoms with Gasteiger partial charge in [0.1, 0.15) is 12.4 Å². The van der Waals surface area contributed by atoms with Crippen molar-refractivity contribution in [1.82, 2.24) is 15.1 Å². The average Bonchev–Trinajstić information content (AvgIpc) is 3.01. The lowest BCUT2D eigenvalue weighted by Crippen LogP contribution is -2.33. The number of hydrogen-bond donors (Lipinski definition) is 1. The molecule has 1 N–H and O–H groups in total. The molecule has 3 aromatic rings. The summed E-state index contributed by atoms with van der Waals surface area (Å²) in [6.07, 6.45) is 0. The first-order chi connectivity index (χ1) is 12.5. The summed E-state index contributed by atoms with van der Waals surface area (Å²) in [7, 11) is 0. The maximum absolute atomic E-state index is 13.0. The molecule has 3 rings (SSSR count). The number of hydrogen-bond acceptors (Lipinski definition) is 4. The molecule has 1 heterocycles. The van der Waals surface area contributed by atoms with E-state index in [0.717, 1.165) is 10.2 Å². The second kappa shape index (κ2) is 7.77. The fourth-order valence-corrected chi connectivity index (χ4v) is 2.47. The number of carbonyl (C=O) groups excluding carboxylic acids is 1. The Labute approximate surface area is 149 Å². The third-order valence-corrected chi connectivity index (χ3v) is 3.96. The van der Waals surface area contributed by atoms with Crippen molar-refractivity contribution in [3.63, 3.8) is 0 Å². The third kappa shape index (κ3) is 4.24. The summed E-state index contributed by atoms with van der Waals surface area (Å²) in [6.45, 7) is 2.20. The minimum Gasteiger partial charge on any atom is -0.388 e. The van der Waals surface area contributed by atoms with Crippen molar-refractivity contribution in [2.45, 2.75) is 19.4 Å². The number of aromatic nitrogens is 2. The Balaban J connectivity index is 1.61. The molecule has 2 aromatic carbocycles. The molecule has 0 aliphatic heterocycles. The molecule has 0 unspecified atom stereocenters. The van der Waals surface area contributed by atoms with Crippen molar-refractivity contribution < 1.29 is 13.6 Å². The van der Waals surface area contributed by atoms with Gasteiger partial charge in [-0.1, -0.05) is 37.3 Å². The molecule has 1 aromatic heterocycles. The van der Waals surface area contributed by atoms with E-state index in [1.54, 1.807) is 0 Å². The molecule has 0 spiro atoms. The van der Waals surface area contributed by atoms with Crippen LogP contribution in [-0.2, 0) is 11.3 Å². The van der Waals surface area contributed by atoms with Gasteiger partial charge in [-0.3, -0.25) is 4.79 Å². The van der Waals surface area contributed by atoms with Crippen LogP contribution in [0.3, 0.4) is 0 Å². The molecule has 0 bridgehead atoms. The van der Waals surface area contributed by atoms with E-state index in [2.05, 4.69) is 10.4 Å². The molecule has 26 heavy (non-hydrogen) atoms. The van der Waals surface area contributed by atoms with Crippen molar-refractivity contribution in [3.8, 4) is 11.5 Å². The van der Waals surface area contributed by atoms with Crippen molar-refractivity contribution in [2.24, 2.45) is 0 Å². The predicted molar refractivity (Wildman–Crippen MR) is 94.0 cm³/mol. The number of halogens is 1. The van der Waals surface area contributed by atoms with Crippen LogP contribution in [0.25, 0.3) is 11.5 Å². The lowest BCUT2D eigenvalue weighted by Gasteiger charge is -2.12. The Morgan fingerprint density at radius 2 is 1.88 bits per heavy atom. The minimum absolute atomic E-state index is 0.0421. The largest absolute Gasteiger partial charge is 0.437 e. The van der Waals surface area contributed by atoms with Crippen LogP contribution in [0.1, 0.15) is 18.4 Å². The molecule has 0 saturated carbocycles. The normalized spacial score (nSPS) is 11.9. The molecule has 134 valence electrons. The highest BCUT2D eigenvalue weighted by atomic mass is 19.1. The van der Waals surface area contributed by atoms with Crippen molar-refractivity contribution in [2.75, 3.05) is 6.54 Å². The van der Waals surface area contributed by atoms with Gasteiger partial charge in [0.05, 0.1) is 0 Å². The van der Waals surface area contributed by atoms with Crippen LogP contribution in [0.5, 0.6) is 0 Å². The summed E-state index contributed by atoms with van der Waals surface area (Å²) in [6, 6.07) is 15.2. The summed E-state index contributed by atoms with van der Waals surface area (Å²) in [5.74, 6) is -1.30. The van der Waals surface area contributed by atoms with Gasteiger partial charge in [-0.2, -0.15) is 4.68 Å². The molecule has 0 aliphatic rings. The quantitative estimate of drug-likeness (QED) is 0.737. The zero-order chi connectivity index (χ0) is 18.5. The van der Waals surface area contributed by atoms with Gasteiger partial charge in [-0.25, -0.2) is 9.18 Å². The van der Waals surface area contributed by atoms with Crippen LogP contribution in [0.4, 0.5) is 4.39 Å². The molecule has 1 amide bonds. The first kappa shape index (κ1) is 17.6. The second-order valence-electron chi connectivity index (χ2n) is 5.95. The summed E-state index contributed by atoms with van der Waals surface area (Å²) >= 11 is 0. The molecule has 0 saturated heterocycles. The lowest BCUT2D eigenvalue weighted by atomic mass is 10.0. The van der Waals surface area contributed by atoms with Crippen LogP contribution >= 0.6 is 0 Å². The Morgan fingerprint density at radius 1 is 1.19 bits per heavy atom. The maximum atomic E-state index is 13.0. The number of benzene rings is 2. The van der Waals surface area contributed by atoms with Crippen molar-refractivity contribution in [3.05, 3.63) is 76.5 Å². The molecular formula is C19H18FN3O3.